The second kappa shape index (κ2) is 10.2. The molecule has 1 N–H and O–H groups in total. The molecule has 1 aromatic heterocycles. The van der Waals surface area contributed by atoms with Crippen LogP contribution < -0.4 is 5.32 Å². The van der Waals surface area contributed by atoms with Crippen LogP contribution in [-0.4, -0.2) is 31.3 Å². The Labute approximate surface area is 186 Å². The number of rotatable bonds is 8. The zero-order valence-electron chi connectivity index (χ0n) is 17.1. The van der Waals surface area contributed by atoms with Crippen molar-refractivity contribution in [2.24, 2.45) is 0 Å². The summed E-state index contributed by atoms with van der Waals surface area (Å²) >= 11 is 1.06. The molecule has 1 aromatic carbocycles. The van der Waals surface area contributed by atoms with E-state index in [-0.39, 0.29) is 11.7 Å². The predicted molar refractivity (Wildman–Crippen MR) is 113 cm³/mol. The van der Waals surface area contributed by atoms with Crippen molar-refractivity contribution >= 4 is 29.0 Å². The Balaban J connectivity index is 1.72. The van der Waals surface area contributed by atoms with Gasteiger partial charge in [0.15, 0.2) is 5.16 Å². The van der Waals surface area contributed by atoms with Crippen molar-refractivity contribution < 1.29 is 22.9 Å². The molecule has 12 heteroatoms. The van der Waals surface area contributed by atoms with Crippen LogP contribution >= 0.6 is 11.8 Å². The van der Waals surface area contributed by atoms with E-state index < -0.39 is 33.9 Å². The minimum Gasteiger partial charge on any atom is -0.325 e. The quantitative estimate of drug-likeness (QED) is 0.248. The second-order valence-electron chi connectivity index (χ2n) is 7.40. The van der Waals surface area contributed by atoms with Crippen LogP contribution in [0.5, 0.6) is 0 Å². The molecule has 2 aromatic rings. The first kappa shape index (κ1) is 23.8. The maximum absolute atomic E-state index is 13.3. The van der Waals surface area contributed by atoms with Crippen molar-refractivity contribution in [3.8, 4) is 0 Å². The zero-order valence-corrected chi connectivity index (χ0v) is 17.9. The van der Waals surface area contributed by atoms with Crippen LogP contribution in [0.15, 0.2) is 36.0 Å². The van der Waals surface area contributed by atoms with Crippen molar-refractivity contribution in [1.29, 1.82) is 0 Å². The highest BCUT2D eigenvalue weighted by Gasteiger charge is 2.35. The highest BCUT2D eigenvalue weighted by Crippen LogP contribution is 2.37. The lowest BCUT2D eigenvalue weighted by Gasteiger charge is -2.21. The SMILES string of the molecule is C=CCn1c(SCC(=O)Nc2ccc([N+](=O)[O-])cc2C(F)(F)F)nnc1C1CCCCC1. The summed E-state index contributed by atoms with van der Waals surface area (Å²) in [5.74, 6) is 0.228. The van der Waals surface area contributed by atoms with Gasteiger partial charge in [0.05, 0.1) is 21.9 Å². The number of allylic oxidation sites excluding steroid dienone is 1. The third kappa shape index (κ3) is 5.67. The van der Waals surface area contributed by atoms with Crippen LogP contribution in [0.4, 0.5) is 24.5 Å². The maximum Gasteiger partial charge on any atom is 0.418 e. The van der Waals surface area contributed by atoms with E-state index in [0.717, 1.165) is 55.4 Å². The average molecular weight is 469 g/mol. The summed E-state index contributed by atoms with van der Waals surface area (Å²) in [6.45, 7) is 4.21. The molecule has 0 unspecified atom stereocenters. The Morgan fingerprint density at radius 2 is 2.03 bits per heavy atom. The molecule has 1 heterocycles. The van der Waals surface area contributed by atoms with Gasteiger partial charge < -0.3 is 9.88 Å². The number of thioether (sulfide) groups is 1. The first-order valence-electron chi connectivity index (χ1n) is 10.0. The number of halogens is 3. The van der Waals surface area contributed by atoms with Crippen molar-refractivity contribution in [2.75, 3.05) is 11.1 Å². The first-order valence-corrected chi connectivity index (χ1v) is 11.0. The van der Waals surface area contributed by atoms with E-state index in [1.54, 1.807) is 6.08 Å². The van der Waals surface area contributed by atoms with Crippen molar-refractivity contribution in [1.82, 2.24) is 14.8 Å². The number of amides is 1. The molecular weight excluding hydrogens is 447 g/mol. The summed E-state index contributed by atoms with van der Waals surface area (Å²) in [4.78, 5) is 22.2. The Hall–Kier alpha value is -2.89. The van der Waals surface area contributed by atoms with Crippen molar-refractivity contribution in [2.45, 2.75) is 55.9 Å². The highest BCUT2D eigenvalue weighted by molar-refractivity contribution is 7.99. The molecule has 1 saturated carbocycles. The normalized spacial score (nSPS) is 14.8. The van der Waals surface area contributed by atoms with E-state index in [2.05, 4.69) is 22.1 Å². The lowest BCUT2D eigenvalue weighted by molar-refractivity contribution is -0.385. The van der Waals surface area contributed by atoms with Gasteiger partial charge in [-0.15, -0.1) is 16.8 Å². The van der Waals surface area contributed by atoms with Crippen LogP contribution in [0, 0.1) is 10.1 Å². The molecule has 0 spiro atoms. The number of nitro groups is 1. The molecule has 3 rings (SSSR count). The summed E-state index contributed by atoms with van der Waals surface area (Å²) in [5, 5.41) is 21.9. The van der Waals surface area contributed by atoms with Gasteiger partial charge in [0.25, 0.3) is 5.69 Å². The third-order valence-corrected chi connectivity index (χ3v) is 6.12. The summed E-state index contributed by atoms with van der Waals surface area (Å²) in [6, 6.07) is 2.19. The Bertz CT molecular complexity index is 1000. The van der Waals surface area contributed by atoms with Gasteiger partial charge in [-0.1, -0.05) is 37.1 Å². The molecule has 0 radical (unpaired) electrons. The average Bonchev–Trinajstić information content (AvgIpc) is 3.15. The number of benzene rings is 1. The van der Waals surface area contributed by atoms with Gasteiger partial charge in [0, 0.05) is 24.6 Å². The fourth-order valence-electron chi connectivity index (χ4n) is 3.68. The van der Waals surface area contributed by atoms with Gasteiger partial charge in [-0.2, -0.15) is 13.2 Å². The van der Waals surface area contributed by atoms with Crippen molar-refractivity contribution in [3.05, 3.63) is 52.4 Å². The van der Waals surface area contributed by atoms with E-state index in [0.29, 0.717) is 17.8 Å². The first-order chi connectivity index (χ1) is 15.2. The van der Waals surface area contributed by atoms with E-state index in [9.17, 15) is 28.1 Å². The number of nitro benzene ring substituents is 1. The minimum absolute atomic E-state index is 0.200. The Morgan fingerprint density at radius 1 is 1.31 bits per heavy atom. The van der Waals surface area contributed by atoms with Gasteiger partial charge in [0.1, 0.15) is 5.82 Å². The van der Waals surface area contributed by atoms with Gasteiger partial charge in [-0.3, -0.25) is 14.9 Å². The van der Waals surface area contributed by atoms with Gasteiger partial charge in [0.2, 0.25) is 5.91 Å². The number of hydrogen-bond acceptors (Lipinski definition) is 6. The number of non-ortho nitro benzene ring substituents is 1. The molecule has 1 aliphatic carbocycles. The number of hydrogen-bond donors (Lipinski definition) is 1. The topological polar surface area (TPSA) is 103 Å². The Morgan fingerprint density at radius 3 is 2.66 bits per heavy atom. The van der Waals surface area contributed by atoms with Crippen LogP contribution in [0.1, 0.15) is 49.4 Å². The van der Waals surface area contributed by atoms with Crippen LogP contribution in [0.3, 0.4) is 0 Å². The summed E-state index contributed by atoms with van der Waals surface area (Å²) in [7, 11) is 0. The lowest BCUT2D eigenvalue weighted by Crippen LogP contribution is -2.19. The molecular formula is C20H22F3N5O3S. The Kier molecular flexibility index (Phi) is 7.54. The number of anilines is 1. The molecule has 172 valence electrons. The third-order valence-electron chi connectivity index (χ3n) is 5.15. The molecule has 1 aliphatic rings. The molecule has 0 saturated heterocycles. The van der Waals surface area contributed by atoms with E-state index in [1.807, 2.05) is 4.57 Å². The standard InChI is InChI=1S/C20H22F3N5O3S/c1-2-10-27-18(13-6-4-3-5-7-13)25-26-19(27)32-12-17(29)24-16-9-8-14(28(30)31)11-15(16)20(21,22)23/h2,8-9,11,13H,1,3-7,10,12H2,(H,24,29). The minimum atomic E-state index is -4.86. The molecule has 1 fully saturated rings. The molecule has 1 amide bonds. The number of carbonyl (C=O) groups is 1. The second-order valence-corrected chi connectivity index (χ2v) is 8.34. The molecule has 0 aliphatic heterocycles. The smallest absolute Gasteiger partial charge is 0.325 e. The summed E-state index contributed by atoms with van der Waals surface area (Å²) < 4.78 is 41.8. The lowest BCUT2D eigenvalue weighted by atomic mass is 9.89. The van der Waals surface area contributed by atoms with Crippen LogP contribution in [-0.2, 0) is 17.5 Å². The summed E-state index contributed by atoms with van der Waals surface area (Å²) in [6.07, 6.45) is 2.30. The number of alkyl halides is 3. The summed E-state index contributed by atoms with van der Waals surface area (Å²) in [5.41, 5.74) is -2.53. The van der Waals surface area contributed by atoms with E-state index in [1.165, 1.54) is 6.42 Å². The molecule has 8 nitrogen and oxygen atoms in total. The van der Waals surface area contributed by atoms with Crippen LogP contribution in [0.25, 0.3) is 0 Å². The van der Waals surface area contributed by atoms with E-state index in [4.69, 9.17) is 0 Å². The maximum atomic E-state index is 13.3. The zero-order chi connectivity index (χ0) is 23.3. The largest absolute Gasteiger partial charge is 0.418 e. The van der Waals surface area contributed by atoms with Gasteiger partial charge >= 0.3 is 6.18 Å². The molecule has 0 bridgehead atoms. The van der Waals surface area contributed by atoms with Crippen LogP contribution in [0.2, 0.25) is 0 Å². The number of carbonyl (C=O) groups excluding carboxylic acids is 1. The van der Waals surface area contributed by atoms with E-state index >= 15 is 0 Å². The molecule has 0 atom stereocenters. The number of nitrogens with zero attached hydrogens (tertiary/aromatic N) is 4. The number of nitrogens with one attached hydrogen (secondary N) is 1. The fourth-order valence-corrected chi connectivity index (χ4v) is 4.43. The van der Waals surface area contributed by atoms with Crippen molar-refractivity contribution in [3.63, 3.8) is 0 Å². The molecule has 32 heavy (non-hydrogen) atoms. The highest BCUT2D eigenvalue weighted by atomic mass is 32.2. The monoisotopic (exact) mass is 469 g/mol. The van der Waals surface area contributed by atoms with Gasteiger partial charge in [-0.05, 0) is 18.9 Å². The number of aromatic nitrogens is 3. The predicted octanol–water partition coefficient (Wildman–Crippen LogP) is 5.17. The van der Waals surface area contributed by atoms with Gasteiger partial charge in [-0.25, -0.2) is 0 Å². The fraction of sp³-hybridized carbons (Fsp3) is 0.450.